The molecular weight excluding hydrogens is 420 g/mol. The highest BCUT2D eigenvalue weighted by atomic mass is 16.5. The van der Waals surface area contributed by atoms with Crippen LogP contribution in [0.15, 0.2) is 24.3 Å². The third-order valence-electron chi connectivity index (χ3n) is 6.14. The number of nitrogens with one attached hydrogen (secondary N) is 2. The second kappa shape index (κ2) is 10.3. The van der Waals surface area contributed by atoms with E-state index in [0.29, 0.717) is 16.9 Å². The zero-order valence-corrected chi connectivity index (χ0v) is 19.5. The molecular formula is C25H30N4O4. The Kier molecular flexibility index (Phi) is 7.54. The Morgan fingerprint density at radius 3 is 2.55 bits per heavy atom. The third-order valence-corrected chi connectivity index (χ3v) is 6.14. The molecule has 3 rings (SSSR count). The van der Waals surface area contributed by atoms with Crippen LogP contribution in [0.5, 0.6) is 0 Å². The quantitative estimate of drug-likeness (QED) is 0.625. The number of aromatic nitrogens is 1. The number of hydrogen-bond acceptors (Lipinski definition) is 5. The fraction of sp³-hybridized carbons (Fsp3) is 0.440. The molecule has 2 aromatic rings. The largest absolute Gasteiger partial charge is 0.454 e. The van der Waals surface area contributed by atoms with Crippen molar-refractivity contribution in [3.8, 4) is 6.07 Å². The van der Waals surface area contributed by atoms with Gasteiger partial charge in [-0.15, -0.1) is 0 Å². The van der Waals surface area contributed by atoms with Crippen molar-refractivity contribution in [3.05, 3.63) is 52.2 Å². The van der Waals surface area contributed by atoms with Gasteiger partial charge >= 0.3 is 5.97 Å². The van der Waals surface area contributed by atoms with Gasteiger partial charge in [-0.25, -0.2) is 4.79 Å². The van der Waals surface area contributed by atoms with Crippen LogP contribution in [-0.4, -0.2) is 35.0 Å². The first-order chi connectivity index (χ1) is 15.7. The second-order valence-corrected chi connectivity index (χ2v) is 8.57. The van der Waals surface area contributed by atoms with Crippen molar-refractivity contribution in [1.29, 1.82) is 5.26 Å². The first-order valence-corrected chi connectivity index (χ1v) is 11.2. The van der Waals surface area contributed by atoms with E-state index < -0.39 is 30.4 Å². The minimum absolute atomic E-state index is 0.237. The van der Waals surface area contributed by atoms with Crippen LogP contribution in [0.25, 0.3) is 0 Å². The number of ether oxygens (including phenoxy) is 1. The average molecular weight is 451 g/mol. The van der Waals surface area contributed by atoms with Gasteiger partial charge in [-0.05, 0) is 58.2 Å². The van der Waals surface area contributed by atoms with Gasteiger partial charge in [0.05, 0.1) is 5.56 Å². The predicted molar refractivity (Wildman–Crippen MR) is 124 cm³/mol. The lowest BCUT2D eigenvalue weighted by Gasteiger charge is -2.19. The van der Waals surface area contributed by atoms with Gasteiger partial charge < -0.3 is 19.9 Å². The number of esters is 1. The highest BCUT2D eigenvalue weighted by Gasteiger charge is 2.27. The molecule has 1 saturated carbocycles. The van der Waals surface area contributed by atoms with E-state index in [4.69, 9.17) is 4.74 Å². The summed E-state index contributed by atoms with van der Waals surface area (Å²) in [6.07, 6.45) is 4.21. The number of nitriles is 1. The van der Waals surface area contributed by atoms with Crippen molar-refractivity contribution in [2.45, 2.75) is 65.5 Å². The number of carbonyl (C=O) groups excluding carboxylic acids is 3. The maximum absolute atomic E-state index is 12.6. The summed E-state index contributed by atoms with van der Waals surface area (Å²) in [5.74, 6) is -1.19. The van der Waals surface area contributed by atoms with E-state index in [0.717, 1.165) is 42.5 Å². The summed E-state index contributed by atoms with van der Waals surface area (Å²) in [4.78, 5) is 37.2. The number of carbonyl (C=O) groups is 3. The summed E-state index contributed by atoms with van der Waals surface area (Å²) < 4.78 is 7.15. The Morgan fingerprint density at radius 1 is 1.21 bits per heavy atom. The molecule has 8 nitrogen and oxygen atoms in total. The fourth-order valence-electron chi connectivity index (χ4n) is 4.26. The van der Waals surface area contributed by atoms with Gasteiger partial charge in [-0.1, -0.05) is 30.5 Å². The van der Waals surface area contributed by atoms with Crippen molar-refractivity contribution in [3.63, 3.8) is 0 Å². The SMILES string of the molecule is Cc1cccc(C(=O)N[C@@H](C)C(=O)OCC(=O)Nc2c(C#N)c(C)c(C)n2C2CCCC2)c1. The van der Waals surface area contributed by atoms with Crippen LogP contribution in [0.4, 0.5) is 5.82 Å². The van der Waals surface area contributed by atoms with Crippen LogP contribution in [0.1, 0.15) is 71.4 Å². The molecule has 1 atom stereocenters. The van der Waals surface area contributed by atoms with Crippen LogP contribution in [-0.2, 0) is 14.3 Å². The van der Waals surface area contributed by atoms with Crippen molar-refractivity contribution in [2.75, 3.05) is 11.9 Å². The standard InChI is InChI=1S/C25H30N4O4/c1-15-8-7-9-19(12-15)24(31)27-17(3)25(32)33-14-22(30)28-23-21(13-26)16(2)18(4)29(23)20-10-5-6-11-20/h7-9,12,17,20H,5-6,10-11,14H2,1-4H3,(H,27,31)(H,28,30)/t17-/m0/s1. The van der Waals surface area contributed by atoms with Crippen LogP contribution in [0, 0.1) is 32.1 Å². The van der Waals surface area contributed by atoms with Gasteiger partial charge in [0.15, 0.2) is 6.61 Å². The molecule has 0 bridgehead atoms. The summed E-state index contributed by atoms with van der Waals surface area (Å²) >= 11 is 0. The Balaban J connectivity index is 1.61. The third kappa shape index (κ3) is 5.43. The first-order valence-electron chi connectivity index (χ1n) is 11.2. The number of amides is 2. The highest BCUT2D eigenvalue weighted by molar-refractivity contribution is 5.97. The van der Waals surface area contributed by atoms with Crippen molar-refractivity contribution in [2.24, 2.45) is 0 Å². The van der Waals surface area contributed by atoms with E-state index in [9.17, 15) is 19.6 Å². The molecule has 8 heteroatoms. The molecule has 0 unspecified atom stereocenters. The van der Waals surface area contributed by atoms with Crippen molar-refractivity contribution in [1.82, 2.24) is 9.88 Å². The van der Waals surface area contributed by atoms with E-state index in [1.165, 1.54) is 6.92 Å². The van der Waals surface area contributed by atoms with Gasteiger partial charge in [0.1, 0.15) is 17.9 Å². The van der Waals surface area contributed by atoms with Crippen LogP contribution in [0.3, 0.4) is 0 Å². The smallest absolute Gasteiger partial charge is 0.328 e. The number of nitrogens with zero attached hydrogens (tertiary/aromatic N) is 2. The van der Waals surface area contributed by atoms with Gasteiger partial charge in [-0.3, -0.25) is 9.59 Å². The lowest BCUT2D eigenvalue weighted by Crippen LogP contribution is -2.40. The van der Waals surface area contributed by atoms with Crippen LogP contribution < -0.4 is 10.6 Å². The Hall–Kier alpha value is -3.60. The lowest BCUT2D eigenvalue weighted by molar-refractivity contribution is -0.148. The zero-order valence-electron chi connectivity index (χ0n) is 19.5. The minimum atomic E-state index is -0.924. The molecule has 2 N–H and O–H groups in total. The average Bonchev–Trinajstić information content (AvgIpc) is 3.38. The summed E-state index contributed by atoms with van der Waals surface area (Å²) in [6, 6.07) is 8.51. The zero-order chi connectivity index (χ0) is 24.1. The maximum Gasteiger partial charge on any atom is 0.328 e. The van der Waals surface area contributed by atoms with Crippen LogP contribution in [0.2, 0.25) is 0 Å². The Bertz CT molecular complexity index is 1110. The maximum atomic E-state index is 12.6. The topological polar surface area (TPSA) is 113 Å². The fourth-order valence-corrected chi connectivity index (χ4v) is 4.26. The number of aryl methyl sites for hydroxylation is 1. The van der Waals surface area contributed by atoms with E-state index in [1.807, 2.05) is 31.4 Å². The molecule has 1 heterocycles. The van der Waals surface area contributed by atoms with E-state index in [2.05, 4.69) is 16.7 Å². The van der Waals surface area contributed by atoms with Gasteiger partial charge in [0.2, 0.25) is 0 Å². The second-order valence-electron chi connectivity index (χ2n) is 8.57. The molecule has 0 aliphatic heterocycles. The number of rotatable bonds is 7. The normalized spacial score (nSPS) is 14.4. The van der Waals surface area contributed by atoms with Gasteiger partial charge in [0, 0.05) is 17.3 Å². The molecule has 0 radical (unpaired) electrons. The van der Waals surface area contributed by atoms with Crippen molar-refractivity contribution >= 4 is 23.6 Å². The van der Waals surface area contributed by atoms with E-state index >= 15 is 0 Å². The number of hydrogen-bond donors (Lipinski definition) is 2. The number of anilines is 1. The monoisotopic (exact) mass is 450 g/mol. The number of benzene rings is 1. The summed E-state index contributed by atoms with van der Waals surface area (Å²) in [7, 11) is 0. The molecule has 1 aromatic heterocycles. The molecule has 1 fully saturated rings. The molecule has 0 saturated heterocycles. The Labute approximate surface area is 193 Å². The van der Waals surface area contributed by atoms with Gasteiger partial charge in [0.25, 0.3) is 11.8 Å². The minimum Gasteiger partial charge on any atom is -0.454 e. The summed E-state index contributed by atoms with van der Waals surface area (Å²) in [6.45, 7) is 6.68. The van der Waals surface area contributed by atoms with Crippen molar-refractivity contribution < 1.29 is 19.1 Å². The molecule has 0 spiro atoms. The predicted octanol–water partition coefficient (Wildman–Crippen LogP) is 3.70. The molecule has 1 aromatic carbocycles. The highest BCUT2D eigenvalue weighted by Crippen LogP contribution is 2.37. The lowest BCUT2D eigenvalue weighted by atomic mass is 10.1. The van der Waals surface area contributed by atoms with E-state index in [1.54, 1.807) is 18.2 Å². The molecule has 1 aliphatic carbocycles. The molecule has 33 heavy (non-hydrogen) atoms. The first kappa shape index (κ1) is 24.1. The molecule has 2 amide bonds. The molecule has 1 aliphatic rings. The van der Waals surface area contributed by atoms with E-state index in [-0.39, 0.29) is 6.04 Å². The molecule has 174 valence electrons. The van der Waals surface area contributed by atoms with Gasteiger partial charge in [-0.2, -0.15) is 5.26 Å². The Morgan fingerprint density at radius 2 is 1.91 bits per heavy atom. The van der Waals surface area contributed by atoms with Crippen LogP contribution >= 0.6 is 0 Å². The summed E-state index contributed by atoms with van der Waals surface area (Å²) in [5.41, 5.74) is 3.59. The summed E-state index contributed by atoms with van der Waals surface area (Å²) in [5, 5.41) is 15.0.